The standard InChI is InChI=1S/C16H18FNO2/c17-13-8-6-12(7-9-13)16-18-14(11-20-16)10-19-15-4-2-1-3-5-15/h6-9,11,15H,1-5,10H2. The van der Waals surface area contributed by atoms with Gasteiger partial charge in [0.1, 0.15) is 17.8 Å². The van der Waals surface area contributed by atoms with Crippen LogP contribution < -0.4 is 0 Å². The van der Waals surface area contributed by atoms with Gasteiger partial charge in [-0.1, -0.05) is 19.3 Å². The average molecular weight is 275 g/mol. The van der Waals surface area contributed by atoms with E-state index in [-0.39, 0.29) is 5.82 Å². The number of ether oxygens (including phenoxy) is 1. The summed E-state index contributed by atoms with van der Waals surface area (Å²) in [5, 5.41) is 0. The van der Waals surface area contributed by atoms with Crippen molar-refractivity contribution < 1.29 is 13.5 Å². The van der Waals surface area contributed by atoms with Gasteiger partial charge in [0, 0.05) is 5.56 Å². The predicted octanol–water partition coefficient (Wildman–Crippen LogP) is 4.33. The van der Waals surface area contributed by atoms with E-state index in [4.69, 9.17) is 9.15 Å². The van der Waals surface area contributed by atoms with Gasteiger partial charge < -0.3 is 9.15 Å². The highest BCUT2D eigenvalue weighted by Gasteiger charge is 2.15. The number of rotatable bonds is 4. The van der Waals surface area contributed by atoms with Crippen molar-refractivity contribution in [1.29, 1.82) is 0 Å². The first-order valence-electron chi connectivity index (χ1n) is 7.13. The molecule has 0 unspecified atom stereocenters. The highest BCUT2D eigenvalue weighted by molar-refractivity contribution is 5.52. The number of oxazole rings is 1. The molecule has 0 atom stereocenters. The maximum Gasteiger partial charge on any atom is 0.226 e. The molecule has 3 nitrogen and oxygen atoms in total. The van der Waals surface area contributed by atoms with Crippen LogP contribution in [-0.4, -0.2) is 11.1 Å². The van der Waals surface area contributed by atoms with Gasteiger partial charge in [0.05, 0.1) is 12.7 Å². The van der Waals surface area contributed by atoms with E-state index in [2.05, 4.69) is 4.98 Å². The van der Waals surface area contributed by atoms with Crippen LogP contribution in [0.3, 0.4) is 0 Å². The first-order valence-corrected chi connectivity index (χ1v) is 7.13. The lowest BCUT2D eigenvalue weighted by Crippen LogP contribution is -2.16. The average Bonchev–Trinajstić information content (AvgIpc) is 2.96. The van der Waals surface area contributed by atoms with E-state index in [1.807, 2.05) is 0 Å². The number of halogens is 1. The van der Waals surface area contributed by atoms with Crippen molar-refractivity contribution in [2.75, 3.05) is 0 Å². The maximum absolute atomic E-state index is 12.9. The highest BCUT2D eigenvalue weighted by Crippen LogP contribution is 2.23. The van der Waals surface area contributed by atoms with Crippen LogP contribution in [0.5, 0.6) is 0 Å². The Morgan fingerprint density at radius 2 is 1.90 bits per heavy atom. The number of hydrogen-bond donors (Lipinski definition) is 0. The zero-order valence-corrected chi connectivity index (χ0v) is 11.3. The number of aromatic nitrogens is 1. The number of hydrogen-bond acceptors (Lipinski definition) is 3. The second kappa shape index (κ2) is 6.18. The molecule has 1 aromatic carbocycles. The summed E-state index contributed by atoms with van der Waals surface area (Å²) in [5.74, 6) is 0.244. The van der Waals surface area contributed by atoms with Crippen LogP contribution >= 0.6 is 0 Å². The number of benzene rings is 1. The quantitative estimate of drug-likeness (QED) is 0.833. The summed E-state index contributed by atoms with van der Waals surface area (Å²) < 4.78 is 24.1. The van der Waals surface area contributed by atoms with Crippen LogP contribution in [0.15, 0.2) is 34.9 Å². The third-order valence-corrected chi connectivity index (χ3v) is 3.66. The van der Waals surface area contributed by atoms with Crippen molar-refractivity contribution in [3.63, 3.8) is 0 Å². The molecule has 1 aliphatic carbocycles. The van der Waals surface area contributed by atoms with Crippen molar-refractivity contribution in [1.82, 2.24) is 4.98 Å². The van der Waals surface area contributed by atoms with Gasteiger partial charge in [-0.15, -0.1) is 0 Å². The first kappa shape index (κ1) is 13.3. The van der Waals surface area contributed by atoms with Crippen molar-refractivity contribution in [2.24, 2.45) is 0 Å². The molecule has 20 heavy (non-hydrogen) atoms. The van der Waals surface area contributed by atoms with Crippen molar-refractivity contribution in [3.8, 4) is 11.5 Å². The molecular formula is C16H18FNO2. The molecule has 0 spiro atoms. The van der Waals surface area contributed by atoms with Crippen LogP contribution in [-0.2, 0) is 11.3 Å². The molecule has 0 saturated heterocycles. The Morgan fingerprint density at radius 3 is 2.65 bits per heavy atom. The maximum atomic E-state index is 12.9. The van der Waals surface area contributed by atoms with Gasteiger partial charge in [-0.3, -0.25) is 0 Å². The summed E-state index contributed by atoms with van der Waals surface area (Å²) in [5.41, 5.74) is 1.56. The third-order valence-electron chi connectivity index (χ3n) is 3.66. The first-order chi connectivity index (χ1) is 9.81. The van der Waals surface area contributed by atoms with Crippen LogP contribution in [0.1, 0.15) is 37.8 Å². The fraction of sp³-hybridized carbons (Fsp3) is 0.438. The van der Waals surface area contributed by atoms with Gasteiger partial charge in [-0.2, -0.15) is 0 Å². The van der Waals surface area contributed by atoms with E-state index < -0.39 is 0 Å². The summed E-state index contributed by atoms with van der Waals surface area (Å²) in [4.78, 5) is 4.38. The summed E-state index contributed by atoms with van der Waals surface area (Å²) in [6, 6.07) is 6.12. The normalized spacial score (nSPS) is 16.4. The van der Waals surface area contributed by atoms with Crippen LogP contribution in [0.4, 0.5) is 4.39 Å². The van der Waals surface area contributed by atoms with Gasteiger partial charge in [-0.05, 0) is 37.1 Å². The molecule has 0 aliphatic heterocycles. The molecule has 1 heterocycles. The second-order valence-electron chi connectivity index (χ2n) is 5.22. The van der Waals surface area contributed by atoms with E-state index in [1.165, 1.54) is 31.4 Å². The number of nitrogens with zero attached hydrogens (tertiary/aromatic N) is 1. The van der Waals surface area contributed by atoms with E-state index in [1.54, 1.807) is 18.4 Å². The van der Waals surface area contributed by atoms with E-state index in [0.29, 0.717) is 18.6 Å². The van der Waals surface area contributed by atoms with Gasteiger partial charge in [0.25, 0.3) is 0 Å². The van der Waals surface area contributed by atoms with Crippen molar-refractivity contribution in [3.05, 3.63) is 42.0 Å². The third kappa shape index (κ3) is 3.25. The lowest BCUT2D eigenvalue weighted by Gasteiger charge is -2.21. The summed E-state index contributed by atoms with van der Waals surface area (Å²) in [7, 11) is 0. The molecule has 0 bridgehead atoms. The van der Waals surface area contributed by atoms with Crippen LogP contribution in [0.25, 0.3) is 11.5 Å². The van der Waals surface area contributed by atoms with Gasteiger partial charge >= 0.3 is 0 Å². The van der Waals surface area contributed by atoms with Crippen molar-refractivity contribution >= 4 is 0 Å². The molecule has 0 radical (unpaired) electrons. The fourth-order valence-electron chi connectivity index (χ4n) is 2.53. The minimum absolute atomic E-state index is 0.263. The Morgan fingerprint density at radius 1 is 1.15 bits per heavy atom. The predicted molar refractivity (Wildman–Crippen MR) is 73.6 cm³/mol. The summed E-state index contributed by atoms with van der Waals surface area (Å²) >= 11 is 0. The molecular weight excluding hydrogens is 257 g/mol. The molecule has 2 aromatic rings. The largest absolute Gasteiger partial charge is 0.444 e. The van der Waals surface area contributed by atoms with Crippen molar-refractivity contribution in [2.45, 2.75) is 44.8 Å². The highest BCUT2D eigenvalue weighted by atomic mass is 19.1. The summed E-state index contributed by atoms with van der Waals surface area (Å²) in [6.45, 7) is 0.482. The van der Waals surface area contributed by atoms with E-state index in [0.717, 1.165) is 24.1 Å². The zero-order chi connectivity index (χ0) is 13.8. The minimum atomic E-state index is -0.263. The summed E-state index contributed by atoms with van der Waals surface area (Å²) in [6.07, 6.45) is 8.08. The fourth-order valence-corrected chi connectivity index (χ4v) is 2.53. The van der Waals surface area contributed by atoms with Gasteiger partial charge in [0.15, 0.2) is 0 Å². The van der Waals surface area contributed by atoms with E-state index in [9.17, 15) is 4.39 Å². The Kier molecular flexibility index (Phi) is 4.11. The molecule has 0 N–H and O–H groups in total. The minimum Gasteiger partial charge on any atom is -0.444 e. The molecule has 3 rings (SSSR count). The molecule has 1 aromatic heterocycles. The Labute approximate surface area is 117 Å². The Bertz CT molecular complexity index is 544. The lowest BCUT2D eigenvalue weighted by atomic mass is 9.98. The molecule has 1 fully saturated rings. The zero-order valence-electron chi connectivity index (χ0n) is 11.3. The molecule has 0 amide bonds. The monoisotopic (exact) mass is 275 g/mol. The smallest absolute Gasteiger partial charge is 0.226 e. The van der Waals surface area contributed by atoms with Crippen LogP contribution in [0, 0.1) is 5.82 Å². The Hall–Kier alpha value is -1.68. The van der Waals surface area contributed by atoms with Gasteiger partial charge in [-0.25, -0.2) is 9.37 Å². The Balaban J connectivity index is 1.60. The van der Waals surface area contributed by atoms with E-state index >= 15 is 0 Å². The van der Waals surface area contributed by atoms with Gasteiger partial charge in [0.2, 0.25) is 5.89 Å². The topological polar surface area (TPSA) is 35.3 Å². The SMILES string of the molecule is Fc1ccc(-c2nc(COC3CCCCC3)co2)cc1. The molecule has 1 aliphatic rings. The molecule has 4 heteroatoms. The molecule has 1 saturated carbocycles. The molecule has 106 valence electrons. The van der Waals surface area contributed by atoms with Crippen LogP contribution in [0.2, 0.25) is 0 Å². The second-order valence-corrected chi connectivity index (χ2v) is 5.22. The lowest BCUT2D eigenvalue weighted by molar-refractivity contribution is 0.0152.